The van der Waals surface area contributed by atoms with Crippen LogP contribution in [-0.2, 0) is 0 Å². The van der Waals surface area contributed by atoms with E-state index < -0.39 is 0 Å². The van der Waals surface area contributed by atoms with Gasteiger partial charge in [-0.25, -0.2) is 15.0 Å². The summed E-state index contributed by atoms with van der Waals surface area (Å²) in [6.07, 6.45) is 0. The molecule has 0 aliphatic heterocycles. The lowest BCUT2D eigenvalue weighted by Gasteiger charge is -2.14. The minimum absolute atomic E-state index is 0.634. The summed E-state index contributed by atoms with van der Waals surface area (Å²) in [6, 6.07) is 54.5. The van der Waals surface area contributed by atoms with Gasteiger partial charge in [0.05, 0.1) is 16.7 Å². The normalized spacial score (nSPS) is 11.3. The molecule has 0 aliphatic carbocycles. The highest BCUT2D eigenvalue weighted by molar-refractivity contribution is 6.11. The van der Waals surface area contributed by atoms with Gasteiger partial charge in [-0.1, -0.05) is 127 Å². The maximum absolute atomic E-state index is 5.05. The lowest BCUT2D eigenvalue weighted by Crippen LogP contribution is -2.03. The Morgan fingerprint density at radius 3 is 1.53 bits per heavy atom. The highest BCUT2D eigenvalue weighted by Gasteiger charge is 2.19. The fraction of sp³-hybridized carbons (Fsp3) is 0. The average Bonchev–Trinajstić information content (AvgIpc) is 3.43. The smallest absolute Gasteiger partial charge is 0.166 e. The molecule has 8 aromatic rings. The topological polar surface area (TPSA) is 43.6 Å². The number of rotatable bonds is 5. The van der Waals surface area contributed by atoms with E-state index >= 15 is 0 Å². The molecule has 4 heteroatoms. The van der Waals surface area contributed by atoms with Gasteiger partial charge < -0.3 is 4.57 Å². The van der Waals surface area contributed by atoms with Crippen molar-refractivity contribution in [2.45, 2.75) is 0 Å². The molecule has 0 amide bonds. The Bertz CT molecular complexity index is 2160. The van der Waals surface area contributed by atoms with Gasteiger partial charge >= 0.3 is 0 Å². The molecule has 0 spiro atoms. The van der Waals surface area contributed by atoms with Crippen molar-refractivity contribution >= 4 is 21.8 Å². The molecule has 2 heterocycles. The standard InChI is InChI=1S/C39H26N4/c1-4-14-27(15-5-1)30-24-25-36-33(26-30)31-20-10-12-22-34(31)43(36)35-23-13-11-21-32(35)39-41-37(28-16-6-2-7-17-28)40-38(42-39)29-18-8-3-9-19-29/h1-26H. The van der Waals surface area contributed by atoms with E-state index in [1.165, 1.54) is 21.9 Å². The Morgan fingerprint density at radius 1 is 0.349 bits per heavy atom. The summed E-state index contributed by atoms with van der Waals surface area (Å²) in [6.45, 7) is 0. The molecule has 0 atom stereocenters. The van der Waals surface area contributed by atoms with Crippen molar-refractivity contribution in [3.8, 4) is 51.0 Å². The minimum atomic E-state index is 0.634. The van der Waals surface area contributed by atoms with Crippen LogP contribution in [0.15, 0.2) is 158 Å². The van der Waals surface area contributed by atoms with Crippen LogP contribution < -0.4 is 0 Å². The molecule has 8 rings (SSSR count). The van der Waals surface area contributed by atoms with Crippen LogP contribution in [0.25, 0.3) is 72.8 Å². The lowest BCUT2D eigenvalue weighted by atomic mass is 10.0. The van der Waals surface area contributed by atoms with Crippen LogP contribution in [0.1, 0.15) is 0 Å². The van der Waals surface area contributed by atoms with Gasteiger partial charge in [-0.2, -0.15) is 0 Å². The third kappa shape index (κ3) is 4.46. The van der Waals surface area contributed by atoms with Crippen molar-refractivity contribution in [3.63, 3.8) is 0 Å². The maximum Gasteiger partial charge on any atom is 0.166 e. The molecule has 0 unspecified atom stereocenters. The van der Waals surface area contributed by atoms with E-state index in [4.69, 9.17) is 15.0 Å². The van der Waals surface area contributed by atoms with Crippen molar-refractivity contribution in [3.05, 3.63) is 158 Å². The van der Waals surface area contributed by atoms with Crippen LogP contribution in [0.2, 0.25) is 0 Å². The Kier molecular flexibility index (Phi) is 6.08. The zero-order chi connectivity index (χ0) is 28.6. The second-order valence-electron chi connectivity index (χ2n) is 10.5. The summed E-state index contributed by atoms with van der Waals surface area (Å²) in [4.78, 5) is 15.0. The van der Waals surface area contributed by atoms with Crippen molar-refractivity contribution < 1.29 is 0 Å². The number of fused-ring (bicyclic) bond motifs is 3. The summed E-state index contributed by atoms with van der Waals surface area (Å²) >= 11 is 0. The van der Waals surface area contributed by atoms with Crippen LogP contribution in [-0.4, -0.2) is 19.5 Å². The largest absolute Gasteiger partial charge is 0.309 e. The molecule has 43 heavy (non-hydrogen) atoms. The first kappa shape index (κ1) is 24.9. The molecule has 0 radical (unpaired) electrons. The fourth-order valence-electron chi connectivity index (χ4n) is 5.83. The Hall–Kier alpha value is -5.87. The molecule has 0 aliphatic rings. The van der Waals surface area contributed by atoms with Gasteiger partial charge in [0.1, 0.15) is 0 Å². The van der Waals surface area contributed by atoms with Gasteiger partial charge in [-0.3, -0.25) is 0 Å². The predicted molar refractivity (Wildman–Crippen MR) is 176 cm³/mol. The van der Waals surface area contributed by atoms with Gasteiger partial charge in [0.15, 0.2) is 17.5 Å². The molecule has 2 aromatic heterocycles. The molecule has 4 nitrogen and oxygen atoms in total. The Labute approximate surface area is 249 Å². The molecular formula is C39H26N4. The maximum atomic E-state index is 5.05. The van der Waals surface area contributed by atoms with Crippen molar-refractivity contribution in [2.24, 2.45) is 0 Å². The monoisotopic (exact) mass is 550 g/mol. The number of nitrogens with zero attached hydrogens (tertiary/aromatic N) is 4. The highest BCUT2D eigenvalue weighted by atomic mass is 15.1. The van der Waals surface area contributed by atoms with Crippen LogP contribution in [0.3, 0.4) is 0 Å². The number of hydrogen-bond acceptors (Lipinski definition) is 3. The first-order valence-corrected chi connectivity index (χ1v) is 14.4. The number of aromatic nitrogens is 4. The van der Waals surface area contributed by atoms with Gasteiger partial charge in [-0.05, 0) is 41.5 Å². The summed E-state index contributed by atoms with van der Waals surface area (Å²) in [7, 11) is 0. The van der Waals surface area contributed by atoms with E-state index in [0.717, 1.165) is 33.4 Å². The molecule has 0 fully saturated rings. The van der Waals surface area contributed by atoms with Crippen molar-refractivity contribution in [1.29, 1.82) is 0 Å². The molecule has 0 N–H and O–H groups in total. The van der Waals surface area contributed by atoms with Crippen LogP contribution in [0, 0.1) is 0 Å². The Balaban J connectivity index is 1.38. The van der Waals surface area contributed by atoms with Crippen LogP contribution in [0.4, 0.5) is 0 Å². The van der Waals surface area contributed by atoms with E-state index in [1.807, 2.05) is 66.7 Å². The average molecular weight is 551 g/mol. The quantitative estimate of drug-likeness (QED) is 0.214. The zero-order valence-corrected chi connectivity index (χ0v) is 23.3. The van der Waals surface area contributed by atoms with Gasteiger partial charge in [0.2, 0.25) is 0 Å². The number of para-hydroxylation sites is 2. The SMILES string of the molecule is c1ccc(-c2ccc3c(c2)c2ccccc2n3-c2ccccc2-c2nc(-c3ccccc3)nc(-c3ccccc3)n2)cc1. The molecule has 0 saturated carbocycles. The first-order valence-electron chi connectivity index (χ1n) is 14.4. The second-order valence-corrected chi connectivity index (χ2v) is 10.5. The van der Waals surface area contributed by atoms with E-state index in [1.54, 1.807) is 0 Å². The minimum Gasteiger partial charge on any atom is -0.309 e. The lowest BCUT2D eigenvalue weighted by molar-refractivity contribution is 1.06. The molecule has 0 bridgehead atoms. The highest BCUT2D eigenvalue weighted by Crippen LogP contribution is 2.37. The number of hydrogen-bond donors (Lipinski definition) is 0. The molecule has 202 valence electrons. The van der Waals surface area contributed by atoms with Crippen molar-refractivity contribution in [2.75, 3.05) is 0 Å². The van der Waals surface area contributed by atoms with E-state index in [2.05, 4.69) is 95.6 Å². The number of benzene rings is 6. The predicted octanol–water partition coefficient (Wildman–Crippen LogP) is 9.64. The van der Waals surface area contributed by atoms with Gasteiger partial charge in [0, 0.05) is 27.5 Å². The Morgan fingerprint density at radius 2 is 0.860 bits per heavy atom. The molecule has 6 aromatic carbocycles. The van der Waals surface area contributed by atoms with Crippen LogP contribution >= 0.6 is 0 Å². The van der Waals surface area contributed by atoms with Crippen LogP contribution in [0.5, 0.6) is 0 Å². The van der Waals surface area contributed by atoms with Crippen molar-refractivity contribution in [1.82, 2.24) is 19.5 Å². The molecule has 0 saturated heterocycles. The van der Waals surface area contributed by atoms with E-state index in [-0.39, 0.29) is 0 Å². The summed E-state index contributed by atoms with van der Waals surface area (Å²) < 4.78 is 2.34. The summed E-state index contributed by atoms with van der Waals surface area (Å²) in [5.41, 5.74) is 8.52. The third-order valence-corrected chi connectivity index (χ3v) is 7.86. The summed E-state index contributed by atoms with van der Waals surface area (Å²) in [5.74, 6) is 1.93. The van der Waals surface area contributed by atoms with Gasteiger partial charge in [0.25, 0.3) is 0 Å². The second kappa shape index (κ2) is 10.5. The zero-order valence-electron chi connectivity index (χ0n) is 23.3. The summed E-state index contributed by atoms with van der Waals surface area (Å²) in [5, 5.41) is 2.41. The first-order chi connectivity index (χ1) is 21.3. The third-order valence-electron chi connectivity index (χ3n) is 7.86. The molecular weight excluding hydrogens is 524 g/mol. The van der Waals surface area contributed by atoms with E-state index in [9.17, 15) is 0 Å². The van der Waals surface area contributed by atoms with Gasteiger partial charge in [-0.15, -0.1) is 0 Å². The van der Waals surface area contributed by atoms with E-state index in [0.29, 0.717) is 17.5 Å². The fourth-order valence-corrected chi connectivity index (χ4v) is 5.83.